The normalized spacial score (nSPS) is 11.4. The molecule has 0 atom stereocenters. The lowest BCUT2D eigenvalue weighted by atomic mass is 10.1. The second-order valence-corrected chi connectivity index (χ2v) is 10.2. The van der Waals surface area contributed by atoms with E-state index >= 15 is 0 Å². The Hall–Kier alpha value is -2.49. The monoisotopic (exact) mass is 448 g/mol. The van der Waals surface area contributed by atoms with E-state index in [0.717, 1.165) is 0 Å². The van der Waals surface area contributed by atoms with Gasteiger partial charge in [-0.1, -0.05) is 36.4 Å². The van der Waals surface area contributed by atoms with E-state index in [9.17, 15) is 13.2 Å². The maximum atomic E-state index is 12.3. The van der Waals surface area contributed by atoms with E-state index in [1.807, 2.05) is 6.92 Å². The van der Waals surface area contributed by atoms with Crippen molar-refractivity contribution in [1.82, 2.24) is 0 Å². The first-order valence-electron chi connectivity index (χ1n) is 9.49. The predicted molar refractivity (Wildman–Crippen MR) is 118 cm³/mol. The highest BCUT2D eigenvalue weighted by Gasteiger charge is 2.17. The first-order chi connectivity index (χ1) is 14.0. The Morgan fingerprint density at radius 1 is 1.10 bits per heavy atom. The highest BCUT2D eigenvalue weighted by atomic mass is 35.5. The van der Waals surface area contributed by atoms with Gasteiger partial charge < -0.3 is 9.47 Å². The molecule has 0 N–H and O–H groups in total. The molecule has 30 heavy (non-hydrogen) atoms. The van der Waals surface area contributed by atoms with Crippen molar-refractivity contribution >= 4 is 27.4 Å². The van der Waals surface area contributed by atoms with Gasteiger partial charge in [-0.25, -0.2) is 13.2 Å². The molecule has 0 radical (unpaired) electrons. The Bertz CT molecular complexity index is 1070. The Kier molecular flexibility index (Phi) is 7.94. The maximum Gasteiger partial charge on any atom is 0.344 e. The van der Waals surface area contributed by atoms with Crippen LogP contribution in [-0.4, -0.2) is 32.3 Å². The summed E-state index contributed by atoms with van der Waals surface area (Å²) >= 11 is 6.07. The minimum absolute atomic E-state index is 0.0842. The Morgan fingerprint density at radius 3 is 2.50 bits per heavy atom. The lowest BCUT2D eigenvalue weighted by Gasteiger charge is -2.19. The topological polar surface area (TPSA) is 69.7 Å². The van der Waals surface area contributed by atoms with Crippen molar-refractivity contribution in [2.24, 2.45) is 0 Å². The molecule has 5 nitrogen and oxygen atoms in total. The van der Waals surface area contributed by atoms with Gasteiger partial charge in [0.2, 0.25) is 0 Å². The molecule has 160 valence electrons. The molecule has 0 aliphatic rings. The van der Waals surface area contributed by atoms with E-state index in [2.05, 4.69) is 11.8 Å². The quantitative estimate of drug-likeness (QED) is 0.475. The SMILES string of the molecule is CCCS(=O)(=O)c1cccc(C#Cc2cc(Cl)ccc2OCC(=O)OC(C)(C)C)c1. The highest BCUT2D eigenvalue weighted by molar-refractivity contribution is 7.91. The lowest BCUT2D eigenvalue weighted by molar-refractivity contribution is -0.157. The van der Waals surface area contributed by atoms with Crippen molar-refractivity contribution in [3.05, 3.63) is 58.6 Å². The molecule has 0 aliphatic heterocycles. The van der Waals surface area contributed by atoms with Gasteiger partial charge in [-0.15, -0.1) is 0 Å². The van der Waals surface area contributed by atoms with Crippen LogP contribution in [0.15, 0.2) is 47.4 Å². The Morgan fingerprint density at radius 2 is 1.83 bits per heavy atom. The maximum absolute atomic E-state index is 12.3. The van der Waals surface area contributed by atoms with Gasteiger partial charge in [0, 0.05) is 10.6 Å². The molecule has 0 aliphatic carbocycles. The Balaban J connectivity index is 2.25. The standard InChI is InChI=1S/C23H25ClO5S/c1-5-13-30(26,27)20-8-6-7-17(14-20)9-10-18-15-19(24)11-12-21(18)28-16-22(25)29-23(2,3)4/h6-8,11-12,14-15H,5,13,16H2,1-4H3. The highest BCUT2D eigenvalue weighted by Crippen LogP contribution is 2.23. The average Bonchev–Trinajstić information content (AvgIpc) is 2.64. The second-order valence-electron chi connectivity index (χ2n) is 7.61. The van der Waals surface area contributed by atoms with Crippen molar-refractivity contribution in [1.29, 1.82) is 0 Å². The van der Waals surface area contributed by atoms with Crippen LogP contribution >= 0.6 is 11.6 Å². The molecule has 2 aromatic carbocycles. The van der Waals surface area contributed by atoms with Gasteiger partial charge in [0.15, 0.2) is 16.4 Å². The molecule has 0 amide bonds. The van der Waals surface area contributed by atoms with Gasteiger partial charge in [0.25, 0.3) is 0 Å². The minimum Gasteiger partial charge on any atom is -0.481 e. The number of hydrogen-bond donors (Lipinski definition) is 0. The first-order valence-corrected chi connectivity index (χ1v) is 11.5. The van der Waals surface area contributed by atoms with Crippen LogP contribution in [0.25, 0.3) is 0 Å². The van der Waals surface area contributed by atoms with Crippen LogP contribution in [0, 0.1) is 11.8 Å². The number of carbonyl (C=O) groups excluding carboxylic acids is 1. The van der Waals surface area contributed by atoms with Crippen LogP contribution in [0.5, 0.6) is 5.75 Å². The second kappa shape index (κ2) is 10.0. The van der Waals surface area contributed by atoms with Crippen molar-refractivity contribution in [2.45, 2.75) is 44.6 Å². The van der Waals surface area contributed by atoms with Crippen LogP contribution in [-0.2, 0) is 19.4 Å². The van der Waals surface area contributed by atoms with E-state index in [4.69, 9.17) is 21.1 Å². The molecule has 0 fully saturated rings. The minimum atomic E-state index is -3.33. The average molecular weight is 449 g/mol. The third-order valence-corrected chi connectivity index (χ3v) is 5.87. The van der Waals surface area contributed by atoms with Crippen LogP contribution in [0.2, 0.25) is 5.02 Å². The zero-order chi connectivity index (χ0) is 22.4. The summed E-state index contributed by atoms with van der Waals surface area (Å²) in [5.41, 5.74) is 0.421. The Labute approximate surface area is 183 Å². The van der Waals surface area contributed by atoms with Crippen LogP contribution < -0.4 is 4.74 Å². The summed E-state index contributed by atoms with van der Waals surface area (Å²) < 4.78 is 35.4. The van der Waals surface area contributed by atoms with Gasteiger partial charge in [-0.2, -0.15) is 0 Å². The summed E-state index contributed by atoms with van der Waals surface area (Å²) in [7, 11) is -3.33. The van der Waals surface area contributed by atoms with Crippen molar-refractivity contribution in [3.8, 4) is 17.6 Å². The fraction of sp³-hybridized carbons (Fsp3) is 0.348. The van der Waals surface area contributed by atoms with E-state index in [0.29, 0.717) is 28.3 Å². The van der Waals surface area contributed by atoms with Crippen LogP contribution in [0.1, 0.15) is 45.2 Å². The smallest absolute Gasteiger partial charge is 0.344 e. The van der Waals surface area contributed by atoms with Crippen molar-refractivity contribution in [2.75, 3.05) is 12.4 Å². The summed E-state index contributed by atoms with van der Waals surface area (Å²) in [4.78, 5) is 12.1. The van der Waals surface area contributed by atoms with Crippen molar-refractivity contribution in [3.63, 3.8) is 0 Å². The molecular formula is C23H25ClO5S. The van der Waals surface area contributed by atoms with Gasteiger partial charge >= 0.3 is 5.97 Å². The molecule has 2 rings (SSSR count). The summed E-state index contributed by atoms with van der Waals surface area (Å²) in [5.74, 6) is 5.86. The molecule has 0 bridgehead atoms. The molecule has 2 aromatic rings. The molecular weight excluding hydrogens is 424 g/mol. The number of hydrogen-bond acceptors (Lipinski definition) is 5. The van der Waals surface area contributed by atoms with Crippen molar-refractivity contribution < 1.29 is 22.7 Å². The zero-order valence-electron chi connectivity index (χ0n) is 17.5. The summed E-state index contributed by atoms with van der Waals surface area (Å²) in [6.45, 7) is 6.88. The van der Waals surface area contributed by atoms with E-state index in [1.54, 1.807) is 63.2 Å². The molecule has 0 spiro atoms. The molecule has 0 saturated carbocycles. The van der Waals surface area contributed by atoms with Crippen LogP contribution in [0.4, 0.5) is 0 Å². The van der Waals surface area contributed by atoms with E-state index in [1.165, 1.54) is 0 Å². The molecule has 0 aromatic heterocycles. The summed E-state index contributed by atoms with van der Waals surface area (Å²) in [6.07, 6.45) is 0.541. The van der Waals surface area contributed by atoms with E-state index in [-0.39, 0.29) is 17.3 Å². The number of rotatable bonds is 6. The molecule has 7 heteroatoms. The van der Waals surface area contributed by atoms with Crippen LogP contribution in [0.3, 0.4) is 0 Å². The van der Waals surface area contributed by atoms with Gasteiger partial charge in [0.05, 0.1) is 16.2 Å². The fourth-order valence-electron chi connectivity index (χ4n) is 2.53. The molecule has 0 saturated heterocycles. The number of ether oxygens (including phenoxy) is 2. The van der Waals surface area contributed by atoms with Gasteiger partial charge in [-0.05, 0) is 63.6 Å². The number of benzene rings is 2. The lowest BCUT2D eigenvalue weighted by Crippen LogP contribution is -2.27. The van der Waals surface area contributed by atoms with Gasteiger partial charge in [-0.3, -0.25) is 0 Å². The third-order valence-electron chi connectivity index (χ3n) is 3.71. The number of sulfone groups is 1. The predicted octanol–water partition coefficient (Wildman–Crippen LogP) is 4.64. The van der Waals surface area contributed by atoms with Gasteiger partial charge in [0.1, 0.15) is 11.4 Å². The third kappa shape index (κ3) is 7.40. The number of halogens is 1. The molecule has 0 unspecified atom stereocenters. The zero-order valence-corrected chi connectivity index (χ0v) is 19.1. The number of carbonyl (C=O) groups is 1. The fourth-order valence-corrected chi connectivity index (χ4v) is 4.06. The largest absolute Gasteiger partial charge is 0.481 e. The summed E-state index contributed by atoms with van der Waals surface area (Å²) in [5, 5.41) is 0.461. The first kappa shape index (κ1) is 23.8. The number of esters is 1. The summed E-state index contributed by atoms with van der Waals surface area (Å²) in [6, 6.07) is 11.4. The molecule has 0 heterocycles. The van der Waals surface area contributed by atoms with E-state index < -0.39 is 21.4 Å².